The summed E-state index contributed by atoms with van der Waals surface area (Å²) in [6, 6.07) is 22.0. The van der Waals surface area contributed by atoms with E-state index in [1.54, 1.807) is 0 Å². The van der Waals surface area contributed by atoms with Crippen LogP contribution in [0.1, 0.15) is 36.4 Å². The molecule has 1 aliphatic heterocycles. The molecule has 2 aromatic rings. The Morgan fingerprint density at radius 3 is 1.86 bits per heavy atom. The molecule has 0 unspecified atom stereocenters. The van der Waals surface area contributed by atoms with Gasteiger partial charge in [0.15, 0.2) is 0 Å². The topological polar surface area (TPSA) is 3.24 Å². The van der Waals surface area contributed by atoms with E-state index in [1.807, 2.05) is 0 Å². The maximum absolute atomic E-state index is 5.47. The molecule has 112 valence electrons. The van der Waals surface area contributed by atoms with Crippen LogP contribution < -0.4 is 0 Å². The third kappa shape index (κ3) is 3.40. The zero-order chi connectivity index (χ0) is 15.2. The van der Waals surface area contributed by atoms with Crippen LogP contribution in [0, 0.1) is 18.3 Å². The Kier molecular flexibility index (Phi) is 4.93. The second-order valence-corrected chi connectivity index (χ2v) is 6.11. The first-order chi connectivity index (χ1) is 10.9. The molecule has 1 heterocycles. The average Bonchev–Trinajstić information content (AvgIpc) is 2.59. The monoisotopic (exact) mass is 289 g/mol. The van der Waals surface area contributed by atoms with E-state index >= 15 is 0 Å². The number of rotatable bonds is 4. The molecule has 22 heavy (non-hydrogen) atoms. The predicted molar refractivity (Wildman–Crippen MR) is 92.5 cm³/mol. The van der Waals surface area contributed by atoms with Gasteiger partial charge in [-0.1, -0.05) is 60.7 Å². The molecular formula is C21H23N. The summed E-state index contributed by atoms with van der Waals surface area (Å²) in [6.07, 6.45) is 8.82. The van der Waals surface area contributed by atoms with Gasteiger partial charge in [-0.15, -0.1) is 12.3 Å². The normalized spacial score (nSPS) is 16.5. The Morgan fingerprint density at radius 2 is 1.41 bits per heavy atom. The number of hydrogen-bond acceptors (Lipinski definition) is 1. The lowest BCUT2D eigenvalue weighted by atomic mass is 9.90. The number of nitrogens with zero attached hydrogens (tertiary/aromatic N) is 1. The predicted octanol–water partition coefficient (Wildman–Crippen LogP) is 4.51. The summed E-state index contributed by atoms with van der Waals surface area (Å²) in [5.74, 6) is 3.53. The van der Waals surface area contributed by atoms with Gasteiger partial charge in [-0.3, -0.25) is 4.90 Å². The van der Waals surface area contributed by atoms with Gasteiger partial charge in [-0.2, -0.15) is 0 Å². The second-order valence-electron chi connectivity index (χ2n) is 6.11. The van der Waals surface area contributed by atoms with Gasteiger partial charge in [0.2, 0.25) is 0 Å². The molecule has 2 aromatic carbocycles. The molecule has 1 heteroatoms. The number of benzene rings is 2. The molecule has 0 saturated carbocycles. The van der Waals surface area contributed by atoms with E-state index in [0.29, 0.717) is 12.0 Å². The van der Waals surface area contributed by atoms with E-state index in [9.17, 15) is 0 Å². The molecule has 1 nitrogen and oxygen atoms in total. The Morgan fingerprint density at radius 1 is 0.909 bits per heavy atom. The molecule has 0 N–H and O–H groups in total. The fourth-order valence-electron chi connectivity index (χ4n) is 3.47. The molecule has 1 aliphatic rings. The van der Waals surface area contributed by atoms with Crippen molar-refractivity contribution in [3.63, 3.8) is 0 Å². The van der Waals surface area contributed by atoms with Crippen molar-refractivity contribution in [2.45, 2.75) is 25.3 Å². The van der Waals surface area contributed by atoms with Gasteiger partial charge in [0.1, 0.15) is 0 Å². The zero-order valence-electron chi connectivity index (χ0n) is 13.0. The molecule has 0 atom stereocenters. The molecule has 0 radical (unpaired) electrons. The van der Waals surface area contributed by atoms with Crippen molar-refractivity contribution in [1.82, 2.24) is 4.90 Å². The van der Waals surface area contributed by atoms with E-state index in [4.69, 9.17) is 6.42 Å². The van der Waals surface area contributed by atoms with Crippen LogP contribution >= 0.6 is 0 Å². The summed E-state index contributed by atoms with van der Waals surface area (Å²) in [6.45, 7) is 2.25. The molecule has 0 bridgehead atoms. The van der Waals surface area contributed by atoms with Crippen molar-refractivity contribution < 1.29 is 0 Å². The minimum atomic E-state index is 0.356. The van der Waals surface area contributed by atoms with Crippen LogP contribution in [0.5, 0.6) is 0 Å². The van der Waals surface area contributed by atoms with Crippen molar-refractivity contribution in [3.8, 4) is 12.3 Å². The van der Waals surface area contributed by atoms with E-state index in [2.05, 4.69) is 71.5 Å². The van der Waals surface area contributed by atoms with Gasteiger partial charge in [0, 0.05) is 6.42 Å². The highest BCUT2D eigenvalue weighted by atomic mass is 15.2. The molecule has 1 saturated heterocycles. The first-order valence-electron chi connectivity index (χ1n) is 8.16. The molecule has 0 aromatic heterocycles. The van der Waals surface area contributed by atoms with E-state index < -0.39 is 0 Å². The lowest BCUT2D eigenvalue weighted by molar-refractivity contribution is 0.153. The number of hydrogen-bond donors (Lipinski definition) is 0. The third-order valence-corrected chi connectivity index (χ3v) is 4.65. The highest BCUT2D eigenvalue weighted by Gasteiger charge is 2.26. The molecule has 1 fully saturated rings. The van der Waals surface area contributed by atoms with Crippen molar-refractivity contribution >= 4 is 0 Å². The van der Waals surface area contributed by atoms with Crippen molar-refractivity contribution in [2.24, 2.45) is 5.92 Å². The largest absolute Gasteiger partial charge is 0.292 e. The van der Waals surface area contributed by atoms with E-state index in [0.717, 1.165) is 19.5 Å². The van der Waals surface area contributed by atoms with Crippen LogP contribution in [0.15, 0.2) is 60.7 Å². The molecule has 0 spiro atoms. The molecule has 3 rings (SSSR count). The van der Waals surface area contributed by atoms with Crippen LogP contribution in [-0.2, 0) is 0 Å². The fourth-order valence-corrected chi connectivity index (χ4v) is 3.47. The van der Waals surface area contributed by atoms with Crippen LogP contribution in [0.2, 0.25) is 0 Å². The Labute approximate surface area is 134 Å². The Balaban J connectivity index is 1.83. The van der Waals surface area contributed by atoms with Gasteiger partial charge in [0.25, 0.3) is 0 Å². The summed E-state index contributed by atoms with van der Waals surface area (Å²) in [5, 5.41) is 0. The first kappa shape index (κ1) is 14.9. The average molecular weight is 289 g/mol. The van der Waals surface area contributed by atoms with Gasteiger partial charge in [0.05, 0.1) is 6.04 Å². The van der Waals surface area contributed by atoms with Gasteiger partial charge >= 0.3 is 0 Å². The highest BCUT2D eigenvalue weighted by molar-refractivity contribution is 5.31. The first-order valence-corrected chi connectivity index (χ1v) is 8.16. The van der Waals surface area contributed by atoms with Gasteiger partial charge < -0.3 is 0 Å². The lowest BCUT2D eigenvalue weighted by Crippen LogP contribution is -2.37. The second kappa shape index (κ2) is 7.29. The quantitative estimate of drug-likeness (QED) is 0.748. The SMILES string of the molecule is C#CCC1CCN(C(c2ccccc2)c2ccccc2)CC1. The Hall–Kier alpha value is -2.04. The maximum Gasteiger partial charge on any atom is 0.0601 e. The van der Waals surface area contributed by atoms with Crippen LogP contribution in [0.3, 0.4) is 0 Å². The lowest BCUT2D eigenvalue weighted by Gasteiger charge is -2.37. The van der Waals surface area contributed by atoms with E-state index in [1.165, 1.54) is 24.0 Å². The number of piperidine rings is 1. The minimum Gasteiger partial charge on any atom is -0.292 e. The van der Waals surface area contributed by atoms with Crippen molar-refractivity contribution in [1.29, 1.82) is 0 Å². The standard InChI is InChI=1S/C21H23N/c1-2-9-18-14-16-22(17-15-18)21(19-10-5-3-6-11-19)20-12-7-4-8-13-20/h1,3-8,10-13,18,21H,9,14-17H2. The highest BCUT2D eigenvalue weighted by Crippen LogP contribution is 2.32. The summed E-state index contributed by atoms with van der Waals surface area (Å²) < 4.78 is 0. The van der Waals surface area contributed by atoms with Gasteiger partial charge in [-0.25, -0.2) is 0 Å². The summed E-state index contributed by atoms with van der Waals surface area (Å²) in [5.41, 5.74) is 2.76. The summed E-state index contributed by atoms with van der Waals surface area (Å²) >= 11 is 0. The van der Waals surface area contributed by atoms with Gasteiger partial charge in [-0.05, 0) is 43.0 Å². The van der Waals surface area contributed by atoms with Crippen LogP contribution in [-0.4, -0.2) is 18.0 Å². The molecule has 0 aliphatic carbocycles. The van der Waals surface area contributed by atoms with Crippen molar-refractivity contribution in [2.75, 3.05) is 13.1 Å². The summed E-state index contributed by atoms with van der Waals surface area (Å²) in [4.78, 5) is 2.61. The molecule has 0 amide bonds. The fraction of sp³-hybridized carbons (Fsp3) is 0.333. The van der Waals surface area contributed by atoms with Crippen molar-refractivity contribution in [3.05, 3.63) is 71.8 Å². The summed E-state index contributed by atoms with van der Waals surface area (Å²) in [7, 11) is 0. The zero-order valence-corrected chi connectivity index (χ0v) is 13.0. The van der Waals surface area contributed by atoms with Crippen LogP contribution in [0.4, 0.5) is 0 Å². The van der Waals surface area contributed by atoms with E-state index in [-0.39, 0.29) is 0 Å². The maximum atomic E-state index is 5.47. The van der Waals surface area contributed by atoms with Crippen LogP contribution in [0.25, 0.3) is 0 Å². The number of terminal acetylenes is 1. The Bertz CT molecular complexity index is 564. The molecular weight excluding hydrogens is 266 g/mol. The minimum absolute atomic E-state index is 0.356. The third-order valence-electron chi connectivity index (χ3n) is 4.65. The smallest absolute Gasteiger partial charge is 0.0601 e. The number of likely N-dealkylation sites (tertiary alicyclic amines) is 1.